The molecule has 0 bridgehead atoms. The lowest BCUT2D eigenvalue weighted by Gasteiger charge is -2.36. The van der Waals surface area contributed by atoms with Gasteiger partial charge in [-0.3, -0.25) is 4.79 Å². The molecule has 1 heterocycles. The second kappa shape index (κ2) is 9.03. The highest BCUT2D eigenvalue weighted by molar-refractivity contribution is 5.94. The number of benzene rings is 1. The molecule has 2 fully saturated rings. The van der Waals surface area contributed by atoms with Crippen LogP contribution in [0.4, 0.5) is 4.79 Å². The van der Waals surface area contributed by atoms with Gasteiger partial charge in [0.2, 0.25) is 0 Å². The Balaban J connectivity index is 1.50. The van der Waals surface area contributed by atoms with Gasteiger partial charge >= 0.3 is 6.03 Å². The molecule has 1 saturated carbocycles. The molecule has 3 rings (SSSR count). The van der Waals surface area contributed by atoms with E-state index < -0.39 is 0 Å². The summed E-state index contributed by atoms with van der Waals surface area (Å²) in [5, 5.41) is 3.16. The SMILES string of the molecule is COCc1cccc(C(=O)N2CCN(C(=O)NC3CCCCC3)CC2)c1. The van der Waals surface area contributed by atoms with Crippen molar-refractivity contribution in [3.8, 4) is 0 Å². The van der Waals surface area contributed by atoms with Crippen molar-refractivity contribution in [2.24, 2.45) is 0 Å². The minimum atomic E-state index is 0.0195. The average molecular weight is 359 g/mol. The molecule has 0 radical (unpaired) electrons. The first kappa shape index (κ1) is 18.7. The molecule has 1 aromatic rings. The van der Waals surface area contributed by atoms with E-state index in [9.17, 15) is 9.59 Å². The van der Waals surface area contributed by atoms with Crippen LogP contribution in [0.2, 0.25) is 0 Å². The predicted octanol–water partition coefficient (Wildman–Crippen LogP) is 2.63. The number of hydrogen-bond donors (Lipinski definition) is 1. The van der Waals surface area contributed by atoms with Crippen LogP contribution in [-0.4, -0.2) is 61.1 Å². The molecule has 6 nitrogen and oxygen atoms in total. The first-order valence-corrected chi connectivity index (χ1v) is 9.60. The topological polar surface area (TPSA) is 61.9 Å². The molecule has 1 aliphatic carbocycles. The van der Waals surface area contributed by atoms with Crippen molar-refractivity contribution < 1.29 is 14.3 Å². The maximum atomic E-state index is 12.7. The van der Waals surface area contributed by atoms with Crippen LogP contribution in [0, 0.1) is 0 Å². The fraction of sp³-hybridized carbons (Fsp3) is 0.600. The first-order valence-electron chi connectivity index (χ1n) is 9.60. The van der Waals surface area contributed by atoms with Crippen molar-refractivity contribution >= 4 is 11.9 Å². The highest BCUT2D eigenvalue weighted by Crippen LogP contribution is 2.18. The van der Waals surface area contributed by atoms with E-state index in [1.54, 1.807) is 7.11 Å². The number of rotatable bonds is 4. The number of carbonyl (C=O) groups excluding carboxylic acids is 2. The monoisotopic (exact) mass is 359 g/mol. The van der Waals surface area contributed by atoms with Gasteiger partial charge in [-0.1, -0.05) is 31.4 Å². The Labute approximate surface area is 155 Å². The predicted molar refractivity (Wildman–Crippen MR) is 100 cm³/mol. The van der Waals surface area contributed by atoms with Crippen molar-refractivity contribution in [1.29, 1.82) is 0 Å². The maximum absolute atomic E-state index is 12.7. The third-order valence-electron chi connectivity index (χ3n) is 5.27. The van der Waals surface area contributed by atoms with Crippen LogP contribution in [0.1, 0.15) is 48.0 Å². The molecular weight excluding hydrogens is 330 g/mol. The lowest BCUT2D eigenvalue weighted by Crippen LogP contribution is -2.54. The van der Waals surface area contributed by atoms with Gasteiger partial charge in [0, 0.05) is 44.9 Å². The molecule has 142 valence electrons. The number of piperazine rings is 1. The summed E-state index contributed by atoms with van der Waals surface area (Å²) in [6.45, 7) is 2.82. The molecule has 0 atom stereocenters. The van der Waals surface area contributed by atoms with Crippen molar-refractivity contribution in [2.75, 3.05) is 33.3 Å². The molecule has 2 aliphatic rings. The Morgan fingerprint density at radius 2 is 1.77 bits per heavy atom. The summed E-state index contributed by atoms with van der Waals surface area (Å²) in [5.74, 6) is 0.0234. The highest BCUT2D eigenvalue weighted by atomic mass is 16.5. The van der Waals surface area contributed by atoms with Crippen molar-refractivity contribution in [2.45, 2.75) is 44.8 Å². The summed E-state index contributed by atoms with van der Waals surface area (Å²) in [7, 11) is 1.64. The summed E-state index contributed by atoms with van der Waals surface area (Å²) in [4.78, 5) is 28.8. The summed E-state index contributed by atoms with van der Waals surface area (Å²) in [6, 6.07) is 7.89. The van der Waals surface area contributed by atoms with E-state index in [0.29, 0.717) is 44.4 Å². The molecule has 0 aromatic heterocycles. The molecule has 0 spiro atoms. The zero-order valence-electron chi connectivity index (χ0n) is 15.6. The number of nitrogens with zero attached hydrogens (tertiary/aromatic N) is 2. The summed E-state index contributed by atoms with van der Waals surface area (Å²) in [6.07, 6.45) is 5.85. The normalized spacial score (nSPS) is 18.7. The van der Waals surface area contributed by atoms with Gasteiger partial charge in [0.25, 0.3) is 5.91 Å². The Morgan fingerprint density at radius 1 is 1.08 bits per heavy atom. The van der Waals surface area contributed by atoms with Crippen LogP contribution in [0.5, 0.6) is 0 Å². The second-order valence-electron chi connectivity index (χ2n) is 7.20. The van der Waals surface area contributed by atoms with E-state index in [-0.39, 0.29) is 11.9 Å². The number of carbonyl (C=O) groups is 2. The molecule has 3 amide bonds. The van der Waals surface area contributed by atoms with Gasteiger partial charge in [-0.2, -0.15) is 0 Å². The van der Waals surface area contributed by atoms with Gasteiger partial charge in [-0.15, -0.1) is 0 Å². The number of hydrogen-bond acceptors (Lipinski definition) is 3. The van der Waals surface area contributed by atoms with Crippen molar-refractivity contribution in [3.63, 3.8) is 0 Å². The third kappa shape index (κ3) is 4.75. The van der Waals surface area contributed by atoms with E-state index >= 15 is 0 Å². The first-order chi connectivity index (χ1) is 12.7. The number of methoxy groups -OCH3 is 1. The molecule has 26 heavy (non-hydrogen) atoms. The molecular formula is C20H29N3O3. The van der Waals surface area contributed by atoms with Gasteiger partial charge in [0.15, 0.2) is 0 Å². The Morgan fingerprint density at radius 3 is 2.46 bits per heavy atom. The molecule has 1 saturated heterocycles. The van der Waals surface area contributed by atoms with Crippen LogP contribution in [0.3, 0.4) is 0 Å². The summed E-state index contributed by atoms with van der Waals surface area (Å²) < 4.78 is 5.13. The second-order valence-corrected chi connectivity index (χ2v) is 7.20. The minimum absolute atomic E-state index is 0.0195. The number of ether oxygens (including phenoxy) is 1. The number of amides is 3. The van der Waals surface area contributed by atoms with Gasteiger partial charge in [-0.25, -0.2) is 4.79 Å². The van der Waals surface area contributed by atoms with Crippen LogP contribution < -0.4 is 5.32 Å². The molecule has 0 unspecified atom stereocenters. The van der Waals surface area contributed by atoms with E-state index in [2.05, 4.69) is 5.32 Å². The van der Waals surface area contributed by atoms with E-state index in [1.165, 1.54) is 19.3 Å². The smallest absolute Gasteiger partial charge is 0.317 e. The van der Waals surface area contributed by atoms with Crippen LogP contribution in [0.15, 0.2) is 24.3 Å². The van der Waals surface area contributed by atoms with Gasteiger partial charge in [0.1, 0.15) is 0 Å². The fourth-order valence-electron chi connectivity index (χ4n) is 3.77. The van der Waals surface area contributed by atoms with Gasteiger partial charge < -0.3 is 19.9 Å². The Hall–Kier alpha value is -2.08. The van der Waals surface area contributed by atoms with Crippen molar-refractivity contribution in [1.82, 2.24) is 15.1 Å². The zero-order chi connectivity index (χ0) is 18.4. The summed E-state index contributed by atoms with van der Waals surface area (Å²) in [5.41, 5.74) is 1.67. The van der Waals surface area contributed by atoms with E-state index in [4.69, 9.17) is 4.74 Å². The average Bonchev–Trinajstić information content (AvgIpc) is 2.69. The number of nitrogens with one attached hydrogen (secondary N) is 1. The van der Waals surface area contributed by atoms with Gasteiger partial charge in [-0.05, 0) is 30.5 Å². The maximum Gasteiger partial charge on any atom is 0.317 e. The van der Waals surface area contributed by atoms with Gasteiger partial charge in [0.05, 0.1) is 6.61 Å². The molecule has 1 aliphatic heterocycles. The quantitative estimate of drug-likeness (QED) is 0.899. The Kier molecular flexibility index (Phi) is 6.50. The fourth-order valence-corrected chi connectivity index (χ4v) is 3.77. The molecule has 6 heteroatoms. The highest BCUT2D eigenvalue weighted by Gasteiger charge is 2.26. The zero-order valence-corrected chi connectivity index (χ0v) is 15.6. The Bertz CT molecular complexity index is 620. The lowest BCUT2D eigenvalue weighted by molar-refractivity contribution is 0.0662. The van der Waals surface area contributed by atoms with Crippen LogP contribution in [0.25, 0.3) is 0 Å². The lowest BCUT2D eigenvalue weighted by atomic mass is 9.96. The molecule has 1 aromatic carbocycles. The van der Waals surface area contributed by atoms with Crippen LogP contribution in [-0.2, 0) is 11.3 Å². The minimum Gasteiger partial charge on any atom is -0.380 e. The van der Waals surface area contributed by atoms with E-state index in [1.807, 2.05) is 34.1 Å². The third-order valence-corrected chi connectivity index (χ3v) is 5.27. The van der Waals surface area contributed by atoms with Crippen LogP contribution >= 0.6 is 0 Å². The summed E-state index contributed by atoms with van der Waals surface area (Å²) >= 11 is 0. The largest absolute Gasteiger partial charge is 0.380 e. The standard InChI is InChI=1S/C20H29N3O3/c1-26-15-16-6-5-7-17(14-16)19(24)22-10-12-23(13-11-22)20(25)21-18-8-3-2-4-9-18/h5-7,14,18H,2-4,8-13,15H2,1H3,(H,21,25). The number of urea groups is 1. The van der Waals surface area contributed by atoms with Crippen molar-refractivity contribution in [3.05, 3.63) is 35.4 Å². The molecule has 1 N–H and O–H groups in total. The van der Waals surface area contributed by atoms with E-state index in [0.717, 1.165) is 18.4 Å².